The summed E-state index contributed by atoms with van der Waals surface area (Å²) in [5.74, 6) is 0.937. The van der Waals surface area contributed by atoms with Crippen LogP contribution in [0.15, 0.2) is 18.2 Å². The first-order chi connectivity index (χ1) is 8.17. The molecule has 0 unspecified atom stereocenters. The molecule has 0 heterocycles. The van der Waals surface area contributed by atoms with Crippen LogP contribution in [0.25, 0.3) is 0 Å². The minimum Gasteiger partial charge on any atom is -0.496 e. The molecule has 0 aromatic heterocycles. The molecule has 0 bridgehead atoms. The van der Waals surface area contributed by atoms with Gasteiger partial charge in [0, 0.05) is 13.1 Å². The van der Waals surface area contributed by atoms with Crippen LogP contribution in [-0.2, 0) is 6.42 Å². The SMILES string of the molecule is CCNC(=S)NCCc1cc(C)ccc1OC. The molecule has 17 heavy (non-hydrogen) atoms. The van der Waals surface area contributed by atoms with Crippen LogP contribution in [0.2, 0.25) is 0 Å². The highest BCUT2D eigenvalue weighted by Crippen LogP contribution is 2.19. The van der Waals surface area contributed by atoms with E-state index in [2.05, 4.69) is 29.7 Å². The van der Waals surface area contributed by atoms with Gasteiger partial charge in [-0.05, 0) is 44.1 Å². The van der Waals surface area contributed by atoms with Crippen LogP contribution in [0, 0.1) is 6.92 Å². The van der Waals surface area contributed by atoms with Gasteiger partial charge < -0.3 is 15.4 Å². The molecule has 2 N–H and O–H groups in total. The topological polar surface area (TPSA) is 33.3 Å². The van der Waals surface area contributed by atoms with Crippen LogP contribution in [0.4, 0.5) is 0 Å². The summed E-state index contributed by atoms with van der Waals surface area (Å²) in [6.07, 6.45) is 0.899. The van der Waals surface area contributed by atoms with E-state index in [-0.39, 0.29) is 0 Å². The number of hydrogen-bond acceptors (Lipinski definition) is 2. The summed E-state index contributed by atoms with van der Waals surface area (Å²) in [7, 11) is 1.70. The Kier molecular flexibility index (Phi) is 5.77. The fourth-order valence-electron chi connectivity index (χ4n) is 1.64. The molecule has 0 saturated heterocycles. The summed E-state index contributed by atoms with van der Waals surface area (Å²) >= 11 is 5.10. The summed E-state index contributed by atoms with van der Waals surface area (Å²) in [5, 5.41) is 6.94. The van der Waals surface area contributed by atoms with Crippen molar-refractivity contribution in [3.63, 3.8) is 0 Å². The number of hydrogen-bond donors (Lipinski definition) is 2. The Hall–Kier alpha value is -1.29. The van der Waals surface area contributed by atoms with Gasteiger partial charge in [-0.15, -0.1) is 0 Å². The standard InChI is InChI=1S/C13H20N2OS/c1-4-14-13(17)15-8-7-11-9-10(2)5-6-12(11)16-3/h5-6,9H,4,7-8H2,1-3H3,(H2,14,15,17). The van der Waals surface area contributed by atoms with Crippen LogP contribution < -0.4 is 15.4 Å². The molecule has 3 nitrogen and oxygen atoms in total. The van der Waals surface area contributed by atoms with E-state index >= 15 is 0 Å². The molecule has 0 amide bonds. The predicted octanol–water partition coefficient (Wildman–Crippen LogP) is 2.03. The van der Waals surface area contributed by atoms with Crippen molar-refractivity contribution >= 4 is 17.3 Å². The van der Waals surface area contributed by atoms with E-state index in [4.69, 9.17) is 17.0 Å². The third kappa shape index (κ3) is 4.61. The van der Waals surface area contributed by atoms with E-state index in [1.54, 1.807) is 7.11 Å². The Morgan fingerprint density at radius 2 is 2.12 bits per heavy atom. The highest BCUT2D eigenvalue weighted by Gasteiger charge is 2.03. The zero-order valence-corrected chi connectivity index (χ0v) is 11.5. The predicted molar refractivity (Wildman–Crippen MR) is 75.7 cm³/mol. The molecular formula is C13H20N2OS. The first kappa shape index (κ1) is 13.8. The Bertz CT molecular complexity index is 380. The Balaban J connectivity index is 2.50. The molecule has 4 heteroatoms. The van der Waals surface area contributed by atoms with Crippen molar-refractivity contribution in [1.29, 1.82) is 0 Å². The lowest BCUT2D eigenvalue weighted by Gasteiger charge is -2.11. The second-order valence-corrected chi connectivity index (χ2v) is 4.26. The lowest BCUT2D eigenvalue weighted by molar-refractivity contribution is 0.409. The van der Waals surface area contributed by atoms with Gasteiger partial charge in [0.15, 0.2) is 5.11 Å². The van der Waals surface area contributed by atoms with E-state index in [9.17, 15) is 0 Å². The number of methoxy groups -OCH3 is 1. The molecule has 1 aromatic rings. The first-order valence-corrected chi connectivity index (χ1v) is 6.23. The smallest absolute Gasteiger partial charge is 0.166 e. The second-order valence-electron chi connectivity index (χ2n) is 3.85. The Labute approximate surface area is 109 Å². The third-order valence-corrected chi connectivity index (χ3v) is 2.74. The van der Waals surface area contributed by atoms with E-state index in [0.717, 1.165) is 25.3 Å². The van der Waals surface area contributed by atoms with Gasteiger partial charge in [0.05, 0.1) is 7.11 Å². The highest BCUT2D eigenvalue weighted by atomic mass is 32.1. The molecule has 1 rings (SSSR count). The molecule has 0 radical (unpaired) electrons. The minimum absolute atomic E-state index is 0.708. The maximum Gasteiger partial charge on any atom is 0.166 e. The Morgan fingerprint density at radius 1 is 1.35 bits per heavy atom. The molecule has 0 aliphatic heterocycles. The summed E-state index contributed by atoms with van der Waals surface area (Å²) in [5.41, 5.74) is 2.45. The number of thiocarbonyl (C=S) groups is 1. The third-order valence-electron chi connectivity index (χ3n) is 2.45. The molecule has 0 atom stereocenters. The molecule has 0 aliphatic rings. The summed E-state index contributed by atoms with van der Waals surface area (Å²) in [6, 6.07) is 6.21. The van der Waals surface area contributed by atoms with Crippen molar-refractivity contribution < 1.29 is 4.74 Å². The van der Waals surface area contributed by atoms with Gasteiger partial charge in [0.1, 0.15) is 5.75 Å². The van der Waals surface area contributed by atoms with Crippen LogP contribution in [-0.4, -0.2) is 25.3 Å². The molecule has 0 saturated carbocycles. The van der Waals surface area contributed by atoms with Gasteiger partial charge in [-0.25, -0.2) is 0 Å². The zero-order valence-electron chi connectivity index (χ0n) is 10.7. The van der Waals surface area contributed by atoms with Crippen molar-refractivity contribution in [2.24, 2.45) is 0 Å². The molecule has 94 valence electrons. The average molecular weight is 252 g/mol. The van der Waals surface area contributed by atoms with Crippen molar-refractivity contribution in [1.82, 2.24) is 10.6 Å². The quantitative estimate of drug-likeness (QED) is 0.786. The van der Waals surface area contributed by atoms with Crippen molar-refractivity contribution in [3.05, 3.63) is 29.3 Å². The van der Waals surface area contributed by atoms with Crippen molar-refractivity contribution in [3.8, 4) is 5.75 Å². The van der Waals surface area contributed by atoms with Gasteiger partial charge in [-0.3, -0.25) is 0 Å². The number of rotatable bonds is 5. The van der Waals surface area contributed by atoms with Gasteiger partial charge in [0.25, 0.3) is 0 Å². The number of nitrogens with one attached hydrogen (secondary N) is 2. The van der Waals surface area contributed by atoms with Gasteiger partial charge >= 0.3 is 0 Å². The minimum atomic E-state index is 0.708. The lowest BCUT2D eigenvalue weighted by Crippen LogP contribution is -2.36. The second kappa shape index (κ2) is 7.12. The van der Waals surface area contributed by atoms with Crippen LogP contribution in [0.5, 0.6) is 5.75 Å². The normalized spacial score (nSPS) is 9.82. The van der Waals surface area contributed by atoms with Gasteiger partial charge in [0.2, 0.25) is 0 Å². The molecule has 1 aromatic carbocycles. The monoisotopic (exact) mass is 252 g/mol. The number of benzene rings is 1. The van der Waals surface area contributed by atoms with Crippen LogP contribution >= 0.6 is 12.2 Å². The van der Waals surface area contributed by atoms with E-state index in [1.807, 2.05) is 13.0 Å². The van der Waals surface area contributed by atoms with Gasteiger partial charge in [-0.1, -0.05) is 17.7 Å². The van der Waals surface area contributed by atoms with Crippen LogP contribution in [0.3, 0.4) is 0 Å². The van der Waals surface area contributed by atoms with E-state index < -0.39 is 0 Å². The van der Waals surface area contributed by atoms with E-state index in [0.29, 0.717) is 5.11 Å². The number of aryl methyl sites for hydroxylation is 1. The fourth-order valence-corrected chi connectivity index (χ4v) is 1.88. The zero-order chi connectivity index (χ0) is 12.7. The highest BCUT2D eigenvalue weighted by molar-refractivity contribution is 7.80. The summed E-state index contributed by atoms with van der Waals surface area (Å²) in [4.78, 5) is 0. The average Bonchev–Trinajstić information content (AvgIpc) is 2.30. The lowest BCUT2D eigenvalue weighted by atomic mass is 10.1. The maximum absolute atomic E-state index is 5.33. The Morgan fingerprint density at radius 3 is 2.76 bits per heavy atom. The molecule has 0 aliphatic carbocycles. The van der Waals surface area contributed by atoms with Crippen molar-refractivity contribution in [2.75, 3.05) is 20.2 Å². The van der Waals surface area contributed by atoms with Gasteiger partial charge in [-0.2, -0.15) is 0 Å². The molecule has 0 spiro atoms. The molecule has 0 fully saturated rings. The largest absolute Gasteiger partial charge is 0.496 e. The first-order valence-electron chi connectivity index (χ1n) is 5.82. The van der Waals surface area contributed by atoms with Crippen molar-refractivity contribution in [2.45, 2.75) is 20.3 Å². The van der Waals surface area contributed by atoms with Crippen LogP contribution in [0.1, 0.15) is 18.1 Å². The molecular weight excluding hydrogens is 232 g/mol. The fraction of sp³-hybridized carbons (Fsp3) is 0.462. The number of ether oxygens (including phenoxy) is 1. The summed E-state index contributed by atoms with van der Waals surface area (Å²) < 4.78 is 5.33. The maximum atomic E-state index is 5.33. The van der Waals surface area contributed by atoms with E-state index in [1.165, 1.54) is 11.1 Å². The summed E-state index contributed by atoms with van der Waals surface area (Å²) in [6.45, 7) is 5.77.